The first-order chi connectivity index (χ1) is 9.69. The molecule has 110 valence electrons. The van der Waals surface area contributed by atoms with E-state index in [4.69, 9.17) is 10.5 Å². The van der Waals surface area contributed by atoms with Gasteiger partial charge in [-0.05, 0) is 37.8 Å². The smallest absolute Gasteiger partial charge is 0.341 e. The summed E-state index contributed by atoms with van der Waals surface area (Å²) in [5, 5.41) is 0. The molecule has 2 unspecified atom stereocenters. The van der Waals surface area contributed by atoms with Crippen LogP contribution in [0.15, 0.2) is 18.3 Å². The van der Waals surface area contributed by atoms with Crippen LogP contribution in [0.5, 0.6) is 0 Å². The van der Waals surface area contributed by atoms with Crippen molar-refractivity contribution >= 4 is 11.8 Å². The van der Waals surface area contributed by atoms with Gasteiger partial charge in [-0.3, -0.25) is 0 Å². The third-order valence-corrected chi connectivity index (χ3v) is 3.91. The predicted molar refractivity (Wildman–Crippen MR) is 78.8 cm³/mol. The molecule has 1 aliphatic rings. The van der Waals surface area contributed by atoms with Gasteiger partial charge >= 0.3 is 5.97 Å². The third kappa shape index (κ3) is 2.93. The molecule has 1 aromatic heterocycles. The molecule has 0 aliphatic carbocycles. The highest BCUT2D eigenvalue weighted by molar-refractivity contribution is 5.94. The number of nitrogens with zero attached hydrogens (tertiary/aromatic N) is 2. The number of carbonyl (C=O) groups is 1. The monoisotopic (exact) mass is 277 g/mol. The molecule has 0 bridgehead atoms. The minimum atomic E-state index is -0.315. The maximum Gasteiger partial charge on any atom is 0.341 e. The number of rotatable bonds is 4. The minimum Gasteiger partial charge on any atom is -0.462 e. The van der Waals surface area contributed by atoms with Crippen LogP contribution in [0.4, 0.5) is 5.82 Å². The Balaban J connectivity index is 2.33. The van der Waals surface area contributed by atoms with Crippen molar-refractivity contribution in [3.05, 3.63) is 23.9 Å². The van der Waals surface area contributed by atoms with Gasteiger partial charge in [0.1, 0.15) is 11.4 Å². The zero-order chi connectivity index (χ0) is 14.5. The van der Waals surface area contributed by atoms with E-state index in [1.54, 1.807) is 25.3 Å². The fourth-order valence-electron chi connectivity index (χ4n) is 2.87. The van der Waals surface area contributed by atoms with Gasteiger partial charge in [0.2, 0.25) is 0 Å². The van der Waals surface area contributed by atoms with E-state index in [0.29, 0.717) is 30.5 Å². The Bertz CT molecular complexity index is 464. The van der Waals surface area contributed by atoms with Gasteiger partial charge in [-0.1, -0.05) is 6.92 Å². The Morgan fingerprint density at radius 3 is 3.10 bits per heavy atom. The normalized spacial score (nSPS) is 22.6. The molecule has 0 radical (unpaired) electrons. The van der Waals surface area contributed by atoms with Crippen molar-refractivity contribution in [2.75, 3.05) is 24.6 Å². The number of esters is 1. The highest BCUT2D eigenvalue weighted by atomic mass is 16.5. The molecule has 0 aromatic carbocycles. The average Bonchev–Trinajstić information content (AvgIpc) is 2.47. The lowest BCUT2D eigenvalue weighted by Gasteiger charge is -2.40. The van der Waals surface area contributed by atoms with Crippen LogP contribution in [-0.4, -0.2) is 36.7 Å². The lowest BCUT2D eigenvalue weighted by molar-refractivity contribution is 0.0526. The molecule has 1 aromatic rings. The molecule has 5 heteroatoms. The summed E-state index contributed by atoms with van der Waals surface area (Å²) in [4.78, 5) is 18.6. The van der Waals surface area contributed by atoms with E-state index in [9.17, 15) is 4.79 Å². The van der Waals surface area contributed by atoms with Crippen LogP contribution in [0.25, 0.3) is 0 Å². The number of hydrogen-bond acceptors (Lipinski definition) is 5. The van der Waals surface area contributed by atoms with Crippen LogP contribution in [0.1, 0.15) is 37.0 Å². The van der Waals surface area contributed by atoms with Crippen molar-refractivity contribution in [3.8, 4) is 0 Å². The van der Waals surface area contributed by atoms with Crippen molar-refractivity contribution in [1.82, 2.24) is 4.98 Å². The number of carbonyl (C=O) groups excluding carboxylic acids is 1. The minimum absolute atomic E-state index is 0.229. The zero-order valence-electron chi connectivity index (χ0n) is 12.2. The van der Waals surface area contributed by atoms with Gasteiger partial charge in [-0.15, -0.1) is 0 Å². The molecule has 0 amide bonds. The predicted octanol–water partition coefficient (Wildman–Crippen LogP) is 1.82. The number of anilines is 1. The standard InChI is InChI=1S/C15H23N3O2/c1-3-20-15(19)12-7-4-8-17-14(12)18-9-5-6-11(2)13(18)10-16/h4,7-8,11,13H,3,5-6,9-10,16H2,1-2H3. The van der Waals surface area contributed by atoms with Gasteiger partial charge in [0.15, 0.2) is 0 Å². The van der Waals surface area contributed by atoms with Crippen LogP contribution >= 0.6 is 0 Å². The third-order valence-electron chi connectivity index (χ3n) is 3.91. The molecule has 5 nitrogen and oxygen atoms in total. The molecule has 2 atom stereocenters. The summed E-state index contributed by atoms with van der Waals surface area (Å²) < 4.78 is 5.12. The first-order valence-corrected chi connectivity index (χ1v) is 7.27. The Kier molecular flexibility index (Phi) is 4.95. The van der Waals surface area contributed by atoms with Crippen LogP contribution in [0, 0.1) is 5.92 Å². The van der Waals surface area contributed by atoms with Gasteiger partial charge < -0.3 is 15.4 Å². The fraction of sp³-hybridized carbons (Fsp3) is 0.600. The van der Waals surface area contributed by atoms with Gasteiger partial charge in [-0.2, -0.15) is 0 Å². The molecule has 2 N–H and O–H groups in total. The highest BCUT2D eigenvalue weighted by Gasteiger charge is 2.30. The summed E-state index contributed by atoms with van der Waals surface area (Å²) in [6, 6.07) is 3.76. The van der Waals surface area contributed by atoms with Crippen LogP contribution in [-0.2, 0) is 4.74 Å². The summed E-state index contributed by atoms with van der Waals surface area (Å²) in [6.45, 7) is 5.83. The molecular formula is C15H23N3O2. The van der Waals surface area contributed by atoms with Crippen molar-refractivity contribution in [1.29, 1.82) is 0 Å². The fourth-order valence-corrected chi connectivity index (χ4v) is 2.87. The Morgan fingerprint density at radius 1 is 1.60 bits per heavy atom. The van der Waals surface area contributed by atoms with Gasteiger partial charge in [0.25, 0.3) is 0 Å². The van der Waals surface area contributed by atoms with E-state index in [-0.39, 0.29) is 12.0 Å². The zero-order valence-corrected chi connectivity index (χ0v) is 12.2. The number of ether oxygens (including phenoxy) is 1. The molecule has 1 aliphatic heterocycles. The number of nitrogens with two attached hydrogens (primary N) is 1. The number of hydrogen-bond donors (Lipinski definition) is 1. The first kappa shape index (κ1) is 14.8. The summed E-state index contributed by atoms with van der Waals surface area (Å²) in [5.74, 6) is 0.892. The SMILES string of the molecule is CCOC(=O)c1cccnc1N1CCCC(C)C1CN. The number of aromatic nitrogens is 1. The van der Waals surface area contributed by atoms with E-state index in [1.807, 2.05) is 0 Å². The second-order valence-corrected chi connectivity index (χ2v) is 5.21. The Morgan fingerprint density at radius 2 is 2.40 bits per heavy atom. The van der Waals surface area contributed by atoms with Crippen molar-refractivity contribution in [2.24, 2.45) is 11.7 Å². The highest BCUT2D eigenvalue weighted by Crippen LogP contribution is 2.29. The first-order valence-electron chi connectivity index (χ1n) is 7.27. The maximum absolute atomic E-state index is 12.1. The van der Waals surface area contributed by atoms with E-state index in [1.165, 1.54) is 6.42 Å². The lowest BCUT2D eigenvalue weighted by Crippen LogP contribution is -2.49. The maximum atomic E-state index is 12.1. The van der Waals surface area contributed by atoms with Crippen LogP contribution in [0.3, 0.4) is 0 Å². The quantitative estimate of drug-likeness (QED) is 0.850. The summed E-state index contributed by atoms with van der Waals surface area (Å²) in [5.41, 5.74) is 6.45. The van der Waals surface area contributed by atoms with Crippen molar-refractivity contribution < 1.29 is 9.53 Å². The van der Waals surface area contributed by atoms with Crippen molar-refractivity contribution in [3.63, 3.8) is 0 Å². The topological polar surface area (TPSA) is 68.5 Å². The van der Waals surface area contributed by atoms with Gasteiger partial charge in [-0.25, -0.2) is 9.78 Å². The van der Waals surface area contributed by atoms with Crippen molar-refractivity contribution in [2.45, 2.75) is 32.7 Å². The molecule has 0 spiro atoms. The molecule has 2 heterocycles. The molecule has 2 rings (SSSR count). The second kappa shape index (κ2) is 6.70. The lowest BCUT2D eigenvalue weighted by atomic mass is 9.90. The number of piperidine rings is 1. The molecule has 1 saturated heterocycles. The Labute approximate surface area is 120 Å². The summed E-state index contributed by atoms with van der Waals surface area (Å²) >= 11 is 0. The Hall–Kier alpha value is -1.62. The van der Waals surface area contributed by atoms with Gasteiger partial charge in [0, 0.05) is 25.3 Å². The van der Waals surface area contributed by atoms with Crippen LogP contribution < -0.4 is 10.6 Å². The molecule has 20 heavy (non-hydrogen) atoms. The van der Waals surface area contributed by atoms with E-state index < -0.39 is 0 Å². The van der Waals surface area contributed by atoms with Crippen LogP contribution in [0.2, 0.25) is 0 Å². The summed E-state index contributed by atoms with van der Waals surface area (Å²) in [7, 11) is 0. The number of pyridine rings is 1. The van der Waals surface area contributed by atoms with E-state index in [2.05, 4.69) is 16.8 Å². The second-order valence-electron chi connectivity index (χ2n) is 5.21. The molecular weight excluding hydrogens is 254 g/mol. The van der Waals surface area contributed by atoms with E-state index >= 15 is 0 Å². The van der Waals surface area contributed by atoms with Gasteiger partial charge in [0.05, 0.1) is 6.61 Å². The molecule has 1 fully saturated rings. The summed E-state index contributed by atoms with van der Waals surface area (Å²) in [6.07, 6.45) is 3.97. The largest absolute Gasteiger partial charge is 0.462 e. The van der Waals surface area contributed by atoms with E-state index in [0.717, 1.165) is 13.0 Å². The molecule has 0 saturated carbocycles. The average molecular weight is 277 g/mol.